The van der Waals surface area contributed by atoms with E-state index in [1.807, 2.05) is 4.90 Å². The Morgan fingerprint density at radius 3 is 2.55 bits per heavy atom. The number of pyridine rings is 1. The number of aliphatic carboxylic acids is 1. The van der Waals surface area contributed by atoms with Crippen LogP contribution >= 0.6 is 0 Å². The number of alkyl halides is 1. The van der Waals surface area contributed by atoms with Crippen molar-refractivity contribution in [3.63, 3.8) is 0 Å². The number of aromatic nitrogens is 1. The SMILES string of the molecule is COc1ccc2ncc(CN3CCOCC3)c([C@@H](F)CCC3(C(=O)O)CCN(CCOc4cc(F)cc(F)c4F)CC3)c2c1. The number of hydrogen-bond acceptors (Lipinski definition) is 7. The molecule has 2 aliphatic heterocycles. The third-order valence-corrected chi connectivity index (χ3v) is 8.78. The number of carboxylic acids is 1. The summed E-state index contributed by atoms with van der Waals surface area (Å²) in [5, 5.41) is 10.9. The monoisotopic (exact) mass is 619 g/mol. The highest BCUT2D eigenvalue weighted by Gasteiger charge is 2.42. The first-order valence-corrected chi connectivity index (χ1v) is 14.8. The third kappa shape index (κ3) is 7.24. The molecule has 3 aromatic rings. The van der Waals surface area contributed by atoms with Crippen LogP contribution < -0.4 is 9.47 Å². The lowest BCUT2D eigenvalue weighted by Crippen LogP contribution is -2.45. The molecular formula is C32H37F4N3O5. The van der Waals surface area contributed by atoms with E-state index in [2.05, 4.69) is 9.88 Å². The number of ether oxygens (including phenoxy) is 3. The van der Waals surface area contributed by atoms with Gasteiger partial charge in [0.1, 0.15) is 24.3 Å². The molecule has 2 saturated heterocycles. The zero-order valence-electron chi connectivity index (χ0n) is 24.7. The zero-order chi connectivity index (χ0) is 31.3. The number of carbonyl (C=O) groups is 1. The van der Waals surface area contributed by atoms with Crippen molar-refractivity contribution in [2.24, 2.45) is 5.41 Å². The standard InChI is InChI=1S/C32H37F4N3O5/c1-42-23-2-3-27-24(18-23)29(21(19-37-27)20-39-10-13-43-14-11-39)25(34)4-5-32(31(40)41)6-8-38(9-7-32)12-15-44-28-17-22(33)16-26(35)30(28)36/h2-3,16-19,25H,4-15,20H2,1H3,(H,40,41)/t25-/m0/s1. The van der Waals surface area contributed by atoms with E-state index in [4.69, 9.17) is 14.2 Å². The Labute approximate surface area is 253 Å². The molecule has 0 amide bonds. The molecule has 2 aliphatic rings. The normalized spacial score (nSPS) is 18.3. The van der Waals surface area contributed by atoms with Gasteiger partial charge in [-0.05, 0) is 62.5 Å². The number of benzene rings is 2. The lowest BCUT2D eigenvalue weighted by molar-refractivity contribution is -0.153. The first-order valence-electron chi connectivity index (χ1n) is 14.8. The van der Waals surface area contributed by atoms with Crippen LogP contribution in [0.1, 0.15) is 43.0 Å². The number of piperidine rings is 1. The van der Waals surface area contributed by atoms with Gasteiger partial charge in [-0.3, -0.25) is 19.6 Å². The second kappa shape index (κ2) is 14.1. The predicted molar refractivity (Wildman–Crippen MR) is 155 cm³/mol. The van der Waals surface area contributed by atoms with E-state index in [1.165, 1.54) is 0 Å². The number of rotatable bonds is 12. The van der Waals surface area contributed by atoms with Crippen LogP contribution in [-0.4, -0.2) is 85.5 Å². The van der Waals surface area contributed by atoms with Gasteiger partial charge in [-0.25, -0.2) is 13.2 Å². The quantitative estimate of drug-likeness (QED) is 0.209. The van der Waals surface area contributed by atoms with E-state index < -0.39 is 40.8 Å². The van der Waals surface area contributed by atoms with Gasteiger partial charge < -0.3 is 19.3 Å². The molecule has 2 fully saturated rings. The minimum Gasteiger partial charge on any atom is -0.497 e. The Kier molecular flexibility index (Phi) is 10.2. The highest BCUT2D eigenvalue weighted by atomic mass is 19.2. The lowest BCUT2D eigenvalue weighted by atomic mass is 9.74. The molecule has 3 heterocycles. The molecule has 44 heavy (non-hydrogen) atoms. The lowest BCUT2D eigenvalue weighted by Gasteiger charge is -2.39. The number of fused-ring (bicyclic) bond motifs is 1. The Balaban J connectivity index is 1.25. The van der Waals surface area contributed by atoms with Gasteiger partial charge in [-0.15, -0.1) is 0 Å². The van der Waals surface area contributed by atoms with Crippen LogP contribution in [0.5, 0.6) is 11.5 Å². The van der Waals surface area contributed by atoms with Crippen molar-refractivity contribution in [1.29, 1.82) is 0 Å². The smallest absolute Gasteiger partial charge is 0.309 e. The summed E-state index contributed by atoms with van der Waals surface area (Å²) in [5.74, 6) is -4.43. The van der Waals surface area contributed by atoms with Crippen molar-refractivity contribution >= 4 is 16.9 Å². The largest absolute Gasteiger partial charge is 0.497 e. The molecule has 5 rings (SSSR count). The van der Waals surface area contributed by atoms with Gasteiger partial charge in [0.15, 0.2) is 11.6 Å². The molecule has 1 atom stereocenters. The average Bonchev–Trinajstić information content (AvgIpc) is 3.02. The van der Waals surface area contributed by atoms with Crippen LogP contribution in [0.25, 0.3) is 10.9 Å². The fourth-order valence-corrected chi connectivity index (χ4v) is 6.10. The molecule has 1 N–H and O–H groups in total. The second-order valence-corrected chi connectivity index (χ2v) is 11.5. The molecule has 8 nitrogen and oxygen atoms in total. The molecule has 0 saturated carbocycles. The van der Waals surface area contributed by atoms with Crippen molar-refractivity contribution < 1.29 is 41.7 Å². The number of hydrogen-bond donors (Lipinski definition) is 1. The number of methoxy groups -OCH3 is 1. The number of halogens is 4. The zero-order valence-corrected chi connectivity index (χ0v) is 24.7. The number of likely N-dealkylation sites (tertiary alicyclic amines) is 1. The molecule has 238 valence electrons. The van der Waals surface area contributed by atoms with Gasteiger partial charge in [0.2, 0.25) is 5.82 Å². The number of nitrogens with zero attached hydrogens (tertiary/aromatic N) is 3. The predicted octanol–water partition coefficient (Wildman–Crippen LogP) is 5.53. The first-order chi connectivity index (χ1) is 21.2. The van der Waals surface area contributed by atoms with Crippen LogP contribution in [0.4, 0.5) is 17.6 Å². The van der Waals surface area contributed by atoms with Crippen molar-refractivity contribution in [1.82, 2.24) is 14.8 Å². The molecule has 12 heteroatoms. The summed E-state index contributed by atoms with van der Waals surface area (Å²) in [5.41, 5.74) is 0.800. The van der Waals surface area contributed by atoms with Crippen LogP contribution in [0.3, 0.4) is 0 Å². The molecule has 0 unspecified atom stereocenters. The maximum absolute atomic E-state index is 16.4. The molecule has 0 spiro atoms. The highest BCUT2D eigenvalue weighted by molar-refractivity contribution is 5.85. The number of morpholine rings is 1. The summed E-state index contributed by atoms with van der Waals surface area (Å²) in [6.45, 7) is 4.27. The fourth-order valence-electron chi connectivity index (χ4n) is 6.10. The van der Waals surface area contributed by atoms with Gasteiger partial charge >= 0.3 is 5.97 Å². The maximum Gasteiger partial charge on any atom is 0.309 e. The van der Waals surface area contributed by atoms with Gasteiger partial charge in [0.25, 0.3) is 0 Å². The fraction of sp³-hybridized carbons (Fsp3) is 0.500. The van der Waals surface area contributed by atoms with E-state index in [9.17, 15) is 23.1 Å². The van der Waals surface area contributed by atoms with Crippen molar-refractivity contribution in [3.05, 3.63) is 65.1 Å². The average molecular weight is 620 g/mol. The van der Waals surface area contributed by atoms with Crippen LogP contribution in [0.15, 0.2) is 36.5 Å². The van der Waals surface area contributed by atoms with Crippen molar-refractivity contribution in [3.8, 4) is 11.5 Å². The maximum atomic E-state index is 16.4. The Morgan fingerprint density at radius 1 is 1.09 bits per heavy atom. The second-order valence-electron chi connectivity index (χ2n) is 11.5. The molecular weight excluding hydrogens is 582 g/mol. The van der Waals surface area contributed by atoms with Gasteiger partial charge in [0.05, 0.1) is 31.3 Å². The van der Waals surface area contributed by atoms with Gasteiger partial charge in [0, 0.05) is 55.5 Å². The summed E-state index contributed by atoms with van der Waals surface area (Å²) in [7, 11) is 1.55. The van der Waals surface area contributed by atoms with Crippen molar-refractivity contribution in [2.75, 3.05) is 59.7 Å². The minimum absolute atomic E-state index is 0.0201. The van der Waals surface area contributed by atoms with Crippen LogP contribution in [0, 0.1) is 22.9 Å². The van der Waals surface area contributed by atoms with E-state index in [0.717, 1.165) is 24.7 Å². The molecule has 2 aromatic carbocycles. The summed E-state index contributed by atoms with van der Waals surface area (Å²) < 4.78 is 73.3. The van der Waals surface area contributed by atoms with E-state index >= 15 is 4.39 Å². The van der Waals surface area contributed by atoms with E-state index in [-0.39, 0.29) is 19.4 Å². The Morgan fingerprint density at radius 2 is 1.84 bits per heavy atom. The van der Waals surface area contributed by atoms with E-state index in [0.29, 0.717) is 80.5 Å². The first kappa shape index (κ1) is 31.9. The summed E-state index contributed by atoms with van der Waals surface area (Å²) in [6, 6.07) is 6.58. The molecule has 0 bridgehead atoms. The summed E-state index contributed by atoms with van der Waals surface area (Å²) in [6.07, 6.45) is 1.04. The van der Waals surface area contributed by atoms with Gasteiger partial charge in [-0.1, -0.05) is 0 Å². The van der Waals surface area contributed by atoms with Crippen LogP contribution in [0.2, 0.25) is 0 Å². The molecule has 1 aromatic heterocycles. The van der Waals surface area contributed by atoms with E-state index in [1.54, 1.807) is 31.5 Å². The third-order valence-electron chi connectivity index (χ3n) is 8.78. The minimum atomic E-state index is -1.42. The summed E-state index contributed by atoms with van der Waals surface area (Å²) in [4.78, 5) is 21.3. The Bertz CT molecular complexity index is 1460. The van der Waals surface area contributed by atoms with Crippen LogP contribution in [-0.2, 0) is 16.1 Å². The van der Waals surface area contributed by atoms with Gasteiger partial charge in [-0.2, -0.15) is 4.39 Å². The molecule has 0 radical (unpaired) electrons. The highest BCUT2D eigenvalue weighted by Crippen LogP contribution is 2.42. The molecule has 0 aliphatic carbocycles. The topological polar surface area (TPSA) is 84.4 Å². The Hall–Kier alpha value is -3.48. The van der Waals surface area contributed by atoms with Crippen molar-refractivity contribution in [2.45, 2.75) is 38.4 Å². The summed E-state index contributed by atoms with van der Waals surface area (Å²) >= 11 is 0. The number of carboxylic acid groups (broad SMARTS) is 1.